The van der Waals surface area contributed by atoms with E-state index >= 15 is 0 Å². The maximum Gasteiger partial charge on any atom is 0.0868 e. The fourth-order valence-corrected chi connectivity index (χ4v) is 0.604. The lowest BCUT2D eigenvalue weighted by Gasteiger charge is -1.95. The van der Waals surface area contributed by atoms with Crippen LogP contribution in [0, 0.1) is 0 Å². The van der Waals surface area contributed by atoms with Gasteiger partial charge in [-0.1, -0.05) is 0 Å². The second-order valence-corrected chi connectivity index (χ2v) is 1.82. The maximum atomic E-state index is 8.57. The van der Waals surface area contributed by atoms with Crippen LogP contribution in [-0.4, -0.2) is 20.2 Å². The fourth-order valence-electron chi connectivity index (χ4n) is 0.604. The number of aliphatic hydroxyl groups excluding tert-OH is 2. The van der Waals surface area contributed by atoms with Crippen molar-refractivity contribution < 1.29 is 10.2 Å². The van der Waals surface area contributed by atoms with Gasteiger partial charge in [-0.2, -0.15) is 0 Å². The van der Waals surface area contributed by atoms with Crippen LogP contribution in [0.15, 0.2) is 12.4 Å². The molecule has 1 aromatic heterocycles. The van der Waals surface area contributed by atoms with E-state index in [1.54, 1.807) is 0 Å². The van der Waals surface area contributed by atoms with Crippen LogP contribution < -0.4 is 0 Å². The van der Waals surface area contributed by atoms with Crippen LogP contribution in [0.2, 0.25) is 0 Å². The summed E-state index contributed by atoms with van der Waals surface area (Å²) in [5, 5.41) is 17.1. The Morgan fingerprint density at radius 3 is 2.00 bits per heavy atom. The van der Waals surface area contributed by atoms with Gasteiger partial charge < -0.3 is 10.2 Å². The summed E-state index contributed by atoms with van der Waals surface area (Å²) in [4.78, 5) is 7.59. The first-order chi connectivity index (χ1) is 4.86. The maximum absolute atomic E-state index is 8.57. The Bertz CT molecular complexity index is 195. The average Bonchev–Trinajstić information content (AvgIpc) is 2.05. The van der Waals surface area contributed by atoms with Crippen molar-refractivity contribution in [3.05, 3.63) is 23.8 Å². The standard InChI is InChI=1S/C6H8N2O2/c9-3-5-1-7-2-6(4-10)8-5/h1-2,9-10H,3-4H2. The zero-order valence-electron chi connectivity index (χ0n) is 5.36. The number of aliphatic hydroxyl groups is 2. The second kappa shape index (κ2) is 3.24. The Morgan fingerprint density at radius 1 is 1.10 bits per heavy atom. The van der Waals surface area contributed by atoms with Gasteiger partial charge in [-0.25, -0.2) is 4.98 Å². The van der Waals surface area contributed by atoms with Gasteiger partial charge in [0, 0.05) is 0 Å². The molecule has 2 N–H and O–H groups in total. The Hall–Kier alpha value is -1.00. The van der Waals surface area contributed by atoms with E-state index in [1.165, 1.54) is 12.4 Å². The Labute approximate surface area is 58.2 Å². The first-order valence-electron chi connectivity index (χ1n) is 2.88. The Balaban J connectivity index is 2.87. The van der Waals surface area contributed by atoms with Crippen molar-refractivity contribution in [2.75, 3.05) is 0 Å². The highest BCUT2D eigenvalue weighted by atomic mass is 16.3. The first kappa shape index (κ1) is 7.11. The van der Waals surface area contributed by atoms with E-state index in [0.717, 1.165) is 0 Å². The third-order valence-corrected chi connectivity index (χ3v) is 1.06. The molecule has 0 saturated carbocycles. The van der Waals surface area contributed by atoms with E-state index in [4.69, 9.17) is 10.2 Å². The van der Waals surface area contributed by atoms with E-state index in [2.05, 4.69) is 9.97 Å². The predicted octanol–water partition coefficient (Wildman–Crippen LogP) is -0.539. The number of nitrogens with zero attached hydrogens (tertiary/aromatic N) is 2. The molecular formula is C6H8N2O2. The highest BCUT2D eigenvalue weighted by molar-refractivity contribution is 5.00. The van der Waals surface area contributed by atoms with Crippen LogP contribution in [0.4, 0.5) is 0 Å². The molecule has 4 heteroatoms. The molecule has 1 heterocycles. The molecule has 0 aliphatic carbocycles. The zero-order chi connectivity index (χ0) is 7.40. The van der Waals surface area contributed by atoms with Crippen molar-refractivity contribution >= 4 is 0 Å². The minimum atomic E-state index is -0.138. The van der Waals surface area contributed by atoms with Crippen molar-refractivity contribution in [3.63, 3.8) is 0 Å². The van der Waals surface area contributed by atoms with Gasteiger partial charge in [0.05, 0.1) is 37.0 Å². The van der Waals surface area contributed by atoms with Gasteiger partial charge in [0.25, 0.3) is 0 Å². The molecule has 54 valence electrons. The molecule has 0 fully saturated rings. The average molecular weight is 140 g/mol. The Kier molecular flexibility index (Phi) is 2.30. The van der Waals surface area contributed by atoms with Crippen LogP contribution in [0.3, 0.4) is 0 Å². The number of hydrogen-bond acceptors (Lipinski definition) is 4. The van der Waals surface area contributed by atoms with Gasteiger partial charge >= 0.3 is 0 Å². The topological polar surface area (TPSA) is 66.2 Å². The van der Waals surface area contributed by atoms with E-state index in [9.17, 15) is 0 Å². The van der Waals surface area contributed by atoms with Crippen molar-refractivity contribution in [1.29, 1.82) is 0 Å². The molecule has 0 radical (unpaired) electrons. The van der Waals surface area contributed by atoms with Gasteiger partial charge in [-0.15, -0.1) is 0 Å². The number of hydrogen-bond donors (Lipinski definition) is 2. The molecule has 1 rings (SSSR count). The largest absolute Gasteiger partial charge is 0.390 e. The molecular weight excluding hydrogens is 132 g/mol. The molecule has 1 aromatic rings. The molecule has 0 aliphatic heterocycles. The smallest absolute Gasteiger partial charge is 0.0868 e. The monoisotopic (exact) mass is 140 g/mol. The van der Waals surface area contributed by atoms with E-state index < -0.39 is 0 Å². The lowest BCUT2D eigenvalue weighted by Crippen LogP contribution is -1.96. The predicted molar refractivity (Wildman–Crippen MR) is 33.9 cm³/mol. The van der Waals surface area contributed by atoms with E-state index in [0.29, 0.717) is 11.4 Å². The van der Waals surface area contributed by atoms with E-state index in [-0.39, 0.29) is 13.2 Å². The summed E-state index contributed by atoms with van der Waals surface area (Å²) in [6, 6.07) is 0. The second-order valence-electron chi connectivity index (χ2n) is 1.82. The zero-order valence-corrected chi connectivity index (χ0v) is 5.36. The van der Waals surface area contributed by atoms with Gasteiger partial charge in [0.1, 0.15) is 0 Å². The van der Waals surface area contributed by atoms with Gasteiger partial charge in [-0.3, -0.25) is 4.98 Å². The molecule has 10 heavy (non-hydrogen) atoms. The molecule has 0 spiro atoms. The third kappa shape index (κ3) is 1.49. The molecule has 0 amide bonds. The van der Waals surface area contributed by atoms with Crippen LogP contribution in [0.5, 0.6) is 0 Å². The molecule has 0 bridgehead atoms. The molecule has 0 atom stereocenters. The Morgan fingerprint density at radius 2 is 1.60 bits per heavy atom. The quantitative estimate of drug-likeness (QED) is 0.579. The van der Waals surface area contributed by atoms with Crippen LogP contribution in [-0.2, 0) is 13.2 Å². The molecule has 0 aliphatic rings. The highest BCUT2D eigenvalue weighted by Gasteiger charge is 1.94. The van der Waals surface area contributed by atoms with Gasteiger partial charge in [0.2, 0.25) is 0 Å². The van der Waals surface area contributed by atoms with Gasteiger partial charge in [0.15, 0.2) is 0 Å². The minimum Gasteiger partial charge on any atom is -0.390 e. The normalized spacial score (nSPS) is 9.80. The van der Waals surface area contributed by atoms with Crippen molar-refractivity contribution in [2.24, 2.45) is 0 Å². The summed E-state index contributed by atoms with van der Waals surface area (Å²) in [7, 11) is 0. The fraction of sp³-hybridized carbons (Fsp3) is 0.333. The first-order valence-corrected chi connectivity index (χ1v) is 2.88. The minimum absolute atomic E-state index is 0.138. The summed E-state index contributed by atoms with van der Waals surface area (Å²) in [6.07, 6.45) is 2.92. The van der Waals surface area contributed by atoms with Crippen molar-refractivity contribution in [2.45, 2.75) is 13.2 Å². The lowest BCUT2D eigenvalue weighted by molar-refractivity contribution is 0.264. The van der Waals surface area contributed by atoms with E-state index in [1.807, 2.05) is 0 Å². The van der Waals surface area contributed by atoms with Crippen molar-refractivity contribution in [1.82, 2.24) is 9.97 Å². The summed E-state index contributed by atoms with van der Waals surface area (Å²) in [5.74, 6) is 0. The van der Waals surface area contributed by atoms with Crippen LogP contribution >= 0.6 is 0 Å². The number of aromatic nitrogens is 2. The summed E-state index contributed by atoms with van der Waals surface area (Å²) in [5.41, 5.74) is 0.957. The number of rotatable bonds is 2. The summed E-state index contributed by atoms with van der Waals surface area (Å²) >= 11 is 0. The molecule has 0 aromatic carbocycles. The summed E-state index contributed by atoms with van der Waals surface area (Å²) in [6.45, 7) is -0.276. The van der Waals surface area contributed by atoms with Crippen molar-refractivity contribution in [3.8, 4) is 0 Å². The SMILES string of the molecule is OCc1cncc(CO)n1. The van der Waals surface area contributed by atoms with Crippen LogP contribution in [0.25, 0.3) is 0 Å². The highest BCUT2D eigenvalue weighted by Crippen LogP contribution is 1.94. The third-order valence-electron chi connectivity index (χ3n) is 1.06. The molecule has 4 nitrogen and oxygen atoms in total. The molecule has 0 saturated heterocycles. The summed E-state index contributed by atoms with van der Waals surface area (Å²) < 4.78 is 0. The lowest BCUT2D eigenvalue weighted by atomic mass is 10.4. The van der Waals surface area contributed by atoms with Gasteiger partial charge in [-0.05, 0) is 0 Å². The molecule has 0 unspecified atom stereocenters. The van der Waals surface area contributed by atoms with Crippen LogP contribution in [0.1, 0.15) is 11.4 Å².